The van der Waals surface area contributed by atoms with Crippen LogP contribution in [0.3, 0.4) is 0 Å². The molecule has 0 aromatic rings. The molecule has 13 heavy (non-hydrogen) atoms. The molecule has 1 amide bonds. The Hall–Kier alpha value is -0.640. The molecule has 0 aromatic heterocycles. The zero-order valence-electron chi connectivity index (χ0n) is 7.88. The minimum Gasteiger partial charge on any atom is -0.391 e. The summed E-state index contributed by atoms with van der Waals surface area (Å²) < 4.78 is 0. The lowest BCUT2D eigenvalue weighted by Crippen LogP contribution is -2.55. The van der Waals surface area contributed by atoms with Crippen LogP contribution in [-0.4, -0.2) is 16.9 Å². The summed E-state index contributed by atoms with van der Waals surface area (Å²) >= 11 is 4.99. The standard InChI is InChI=1S/C9H16N2OS/c1-7-2-4-9(5-3-7,8(10)13)11-6-12/h6-7H,2-5H2,1H3,(H2,10,13)(H,11,12). The molecule has 0 radical (unpaired) electrons. The van der Waals surface area contributed by atoms with Gasteiger partial charge in [-0.3, -0.25) is 4.79 Å². The summed E-state index contributed by atoms with van der Waals surface area (Å²) in [4.78, 5) is 10.9. The van der Waals surface area contributed by atoms with E-state index >= 15 is 0 Å². The average Bonchev–Trinajstić information content (AvgIpc) is 2.09. The second kappa shape index (κ2) is 4.05. The third kappa shape index (κ3) is 2.18. The summed E-state index contributed by atoms with van der Waals surface area (Å²) in [7, 11) is 0. The van der Waals surface area contributed by atoms with Gasteiger partial charge in [0, 0.05) is 0 Å². The molecule has 0 aliphatic heterocycles. The van der Waals surface area contributed by atoms with E-state index in [9.17, 15) is 4.79 Å². The van der Waals surface area contributed by atoms with Crippen molar-refractivity contribution in [3.8, 4) is 0 Å². The lowest BCUT2D eigenvalue weighted by Gasteiger charge is -2.38. The largest absolute Gasteiger partial charge is 0.391 e. The number of rotatable bonds is 3. The van der Waals surface area contributed by atoms with Crippen LogP contribution in [0.4, 0.5) is 0 Å². The molecular formula is C9H16N2OS. The van der Waals surface area contributed by atoms with Gasteiger partial charge in [0.2, 0.25) is 6.41 Å². The van der Waals surface area contributed by atoms with Crippen molar-refractivity contribution in [3.05, 3.63) is 0 Å². The average molecular weight is 200 g/mol. The first-order valence-corrected chi connectivity index (χ1v) is 5.03. The molecular weight excluding hydrogens is 184 g/mol. The third-order valence-electron chi connectivity index (χ3n) is 2.93. The van der Waals surface area contributed by atoms with Crippen molar-refractivity contribution in [2.75, 3.05) is 0 Å². The van der Waals surface area contributed by atoms with E-state index in [2.05, 4.69) is 12.2 Å². The fraction of sp³-hybridized carbons (Fsp3) is 0.778. The normalized spacial score (nSPS) is 33.8. The molecule has 0 saturated heterocycles. The van der Waals surface area contributed by atoms with Gasteiger partial charge in [0.15, 0.2) is 0 Å². The zero-order valence-corrected chi connectivity index (χ0v) is 8.69. The first-order valence-electron chi connectivity index (χ1n) is 4.62. The van der Waals surface area contributed by atoms with Gasteiger partial charge >= 0.3 is 0 Å². The Labute approximate surface area is 84.1 Å². The SMILES string of the molecule is CC1CCC(NC=O)(C(N)=S)CC1. The van der Waals surface area contributed by atoms with E-state index in [-0.39, 0.29) is 0 Å². The molecule has 1 rings (SSSR count). The van der Waals surface area contributed by atoms with Gasteiger partial charge in [0.05, 0.1) is 10.5 Å². The molecule has 74 valence electrons. The molecule has 1 saturated carbocycles. The molecule has 1 aliphatic carbocycles. The van der Waals surface area contributed by atoms with Crippen molar-refractivity contribution in [1.29, 1.82) is 0 Å². The number of amides is 1. The molecule has 1 aliphatic rings. The summed E-state index contributed by atoms with van der Waals surface area (Å²) in [5, 5.41) is 2.77. The van der Waals surface area contributed by atoms with Crippen LogP contribution >= 0.6 is 12.2 Å². The first kappa shape index (κ1) is 10.4. The van der Waals surface area contributed by atoms with Crippen molar-refractivity contribution in [1.82, 2.24) is 5.32 Å². The minimum atomic E-state index is -0.399. The summed E-state index contributed by atoms with van der Waals surface area (Å²) in [6, 6.07) is 0. The first-order chi connectivity index (χ1) is 6.10. The highest BCUT2D eigenvalue weighted by Crippen LogP contribution is 2.31. The van der Waals surface area contributed by atoms with Gasteiger partial charge in [-0.05, 0) is 31.6 Å². The molecule has 4 heteroatoms. The maximum atomic E-state index is 10.4. The molecule has 0 bridgehead atoms. The van der Waals surface area contributed by atoms with Crippen molar-refractivity contribution in [2.24, 2.45) is 11.7 Å². The number of hydrogen-bond acceptors (Lipinski definition) is 2. The van der Waals surface area contributed by atoms with Crippen LogP contribution in [-0.2, 0) is 4.79 Å². The third-order valence-corrected chi connectivity index (χ3v) is 3.33. The van der Waals surface area contributed by atoms with Crippen LogP contribution in [0.25, 0.3) is 0 Å². The predicted octanol–water partition coefficient (Wildman–Crippen LogP) is 0.967. The van der Waals surface area contributed by atoms with Gasteiger partial charge in [-0.25, -0.2) is 0 Å². The molecule has 0 heterocycles. The number of thiocarbonyl (C=S) groups is 1. The van der Waals surface area contributed by atoms with E-state index in [1.54, 1.807) is 0 Å². The fourth-order valence-electron chi connectivity index (χ4n) is 1.83. The molecule has 0 spiro atoms. The lowest BCUT2D eigenvalue weighted by molar-refractivity contribution is -0.110. The Kier molecular flexibility index (Phi) is 3.25. The van der Waals surface area contributed by atoms with E-state index in [1.165, 1.54) is 0 Å². The summed E-state index contributed by atoms with van der Waals surface area (Å²) in [5.41, 5.74) is 5.24. The van der Waals surface area contributed by atoms with Crippen molar-refractivity contribution < 1.29 is 4.79 Å². The molecule has 1 fully saturated rings. The van der Waals surface area contributed by atoms with Gasteiger partial charge in [-0.15, -0.1) is 0 Å². The Morgan fingerprint density at radius 2 is 2.15 bits per heavy atom. The van der Waals surface area contributed by atoms with Crippen molar-refractivity contribution in [2.45, 2.75) is 38.1 Å². The van der Waals surface area contributed by atoms with Crippen LogP contribution in [0, 0.1) is 5.92 Å². The molecule has 0 atom stereocenters. The maximum absolute atomic E-state index is 10.4. The highest BCUT2D eigenvalue weighted by Gasteiger charge is 2.36. The lowest BCUT2D eigenvalue weighted by atomic mass is 9.77. The summed E-state index contributed by atoms with van der Waals surface area (Å²) in [5.74, 6) is 0.718. The summed E-state index contributed by atoms with van der Waals surface area (Å²) in [6.07, 6.45) is 4.62. The molecule has 0 unspecified atom stereocenters. The van der Waals surface area contributed by atoms with E-state index in [0.717, 1.165) is 31.6 Å². The van der Waals surface area contributed by atoms with Gasteiger partial charge < -0.3 is 11.1 Å². The van der Waals surface area contributed by atoms with Crippen LogP contribution in [0.5, 0.6) is 0 Å². The smallest absolute Gasteiger partial charge is 0.207 e. The van der Waals surface area contributed by atoms with Crippen LogP contribution in [0.1, 0.15) is 32.6 Å². The number of nitrogens with two attached hydrogens (primary N) is 1. The van der Waals surface area contributed by atoms with Crippen LogP contribution in [0.2, 0.25) is 0 Å². The molecule has 3 nitrogen and oxygen atoms in total. The number of hydrogen-bond donors (Lipinski definition) is 2. The molecule has 0 aromatic carbocycles. The summed E-state index contributed by atoms with van der Waals surface area (Å²) in [6.45, 7) is 2.21. The number of nitrogens with one attached hydrogen (secondary N) is 1. The van der Waals surface area contributed by atoms with Gasteiger partial charge in [-0.1, -0.05) is 19.1 Å². The number of carbonyl (C=O) groups is 1. The zero-order chi connectivity index (χ0) is 9.90. The maximum Gasteiger partial charge on any atom is 0.207 e. The Bertz CT molecular complexity index is 210. The van der Waals surface area contributed by atoms with Gasteiger partial charge in [-0.2, -0.15) is 0 Å². The topological polar surface area (TPSA) is 55.1 Å². The second-order valence-electron chi connectivity index (χ2n) is 3.89. The second-order valence-corrected chi connectivity index (χ2v) is 4.33. The highest BCUT2D eigenvalue weighted by atomic mass is 32.1. The molecule has 3 N–H and O–H groups in total. The van der Waals surface area contributed by atoms with E-state index < -0.39 is 5.54 Å². The Balaban J connectivity index is 2.68. The van der Waals surface area contributed by atoms with Crippen molar-refractivity contribution in [3.63, 3.8) is 0 Å². The van der Waals surface area contributed by atoms with Gasteiger partial charge in [0.1, 0.15) is 0 Å². The predicted molar refractivity (Wildman–Crippen MR) is 56.3 cm³/mol. The van der Waals surface area contributed by atoms with E-state index in [0.29, 0.717) is 11.4 Å². The Morgan fingerprint density at radius 3 is 2.54 bits per heavy atom. The van der Waals surface area contributed by atoms with Crippen molar-refractivity contribution >= 4 is 23.6 Å². The highest BCUT2D eigenvalue weighted by molar-refractivity contribution is 7.80. The Morgan fingerprint density at radius 1 is 1.62 bits per heavy atom. The van der Waals surface area contributed by atoms with E-state index in [1.807, 2.05) is 0 Å². The minimum absolute atomic E-state index is 0.399. The van der Waals surface area contributed by atoms with Gasteiger partial charge in [0.25, 0.3) is 0 Å². The van der Waals surface area contributed by atoms with Crippen LogP contribution in [0.15, 0.2) is 0 Å². The number of carbonyl (C=O) groups excluding carboxylic acids is 1. The van der Waals surface area contributed by atoms with Crippen LogP contribution < -0.4 is 11.1 Å². The quantitative estimate of drug-likeness (QED) is 0.527. The van der Waals surface area contributed by atoms with E-state index in [4.69, 9.17) is 18.0 Å². The monoisotopic (exact) mass is 200 g/mol. The fourth-order valence-corrected chi connectivity index (χ4v) is 2.09.